The minimum absolute atomic E-state index is 0.274. The van der Waals surface area contributed by atoms with Crippen LogP contribution in [0.25, 0.3) is 21.7 Å². The van der Waals surface area contributed by atoms with Crippen LogP contribution in [0.2, 0.25) is 0 Å². The topological polar surface area (TPSA) is 12.9 Å². The summed E-state index contributed by atoms with van der Waals surface area (Å²) in [5.41, 5.74) is 3.52. The molecule has 0 aliphatic carbocycles. The number of benzene rings is 3. The van der Waals surface area contributed by atoms with E-state index in [9.17, 15) is 0 Å². The number of rotatable bonds is 2. The second kappa shape index (κ2) is 5.27. The number of fused-ring (bicyclic) bond motifs is 3. The summed E-state index contributed by atoms with van der Waals surface area (Å²) < 4.78 is 0. The fourth-order valence-corrected chi connectivity index (χ4v) is 3.16. The van der Waals surface area contributed by atoms with E-state index in [-0.39, 0.29) is 5.92 Å². The Labute approximate surface area is 130 Å². The van der Waals surface area contributed by atoms with Crippen molar-refractivity contribution in [1.29, 1.82) is 0 Å². The van der Waals surface area contributed by atoms with Gasteiger partial charge in [0.05, 0.1) is 11.2 Å². The van der Waals surface area contributed by atoms with E-state index >= 15 is 0 Å². The number of aromatic nitrogens is 1. The zero-order valence-corrected chi connectivity index (χ0v) is 12.5. The van der Waals surface area contributed by atoms with E-state index in [0.29, 0.717) is 0 Å². The molecule has 1 heteroatoms. The van der Waals surface area contributed by atoms with E-state index in [1.807, 2.05) is 0 Å². The highest BCUT2D eigenvalue weighted by molar-refractivity contribution is 6.06. The van der Waals surface area contributed by atoms with Crippen molar-refractivity contribution in [3.05, 3.63) is 90.1 Å². The zero-order valence-electron chi connectivity index (χ0n) is 12.5. The van der Waals surface area contributed by atoms with Crippen LogP contribution < -0.4 is 0 Å². The first-order chi connectivity index (χ1) is 10.8. The summed E-state index contributed by atoms with van der Waals surface area (Å²) >= 11 is 0. The molecule has 0 spiro atoms. The lowest BCUT2D eigenvalue weighted by Gasteiger charge is -2.16. The molecule has 3 aromatic carbocycles. The summed E-state index contributed by atoms with van der Waals surface area (Å²) in [6.07, 6.45) is 0. The van der Waals surface area contributed by atoms with E-state index < -0.39 is 0 Å². The molecular weight excluding hydrogens is 266 g/mol. The average Bonchev–Trinajstić information content (AvgIpc) is 2.61. The second-order valence-electron chi connectivity index (χ2n) is 5.69. The highest BCUT2D eigenvalue weighted by Gasteiger charge is 2.15. The van der Waals surface area contributed by atoms with Crippen molar-refractivity contribution in [1.82, 2.24) is 4.98 Å². The molecule has 1 unspecified atom stereocenters. The highest BCUT2D eigenvalue weighted by Crippen LogP contribution is 2.32. The SMILES string of the molecule is CC(c1ccccc1)c1nc2ccccc2c2ccccc12. The lowest BCUT2D eigenvalue weighted by atomic mass is 9.92. The molecule has 106 valence electrons. The molecule has 0 bridgehead atoms. The van der Waals surface area contributed by atoms with Gasteiger partial charge in [0.2, 0.25) is 0 Å². The van der Waals surface area contributed by atoms with Crippen LogP contribution in [0.4, 0.5) is 0 Å². The number of hydrogen-bond acceptors (Lipinski definition) is 1. The molecule has 0 saturated heterocycles. The molecule has 22 heavy (non-hydrogen) atoms. The normalized spacial score (nSPS) is 12.6. The van der Waals surface area contributed by atoms with E-state index in [1.54, 1.807) is 0 Å². The molecule has 1 heterocycles. The first kappa shape index (κ1) is 13.0. The smallest absolute Gasteiger partial charge is 0.0712 e. The van der Waals surface area contributed by atoms with Crippen molar-refractivity contribution in [2.75, 3.05) is 0 Å². The van der Waals surface area contributed by atoms with Crippen LogP contribution in [0.1, 0.15) is 24.1 Å². The zero-order chi connectivity index (χ0) is 14.9. The molecule has 0 aliphatic heterocycles. The fraction of sp³-hybridized carbons (Fsp3) is 0.0952. The van der Waals surface area contributed by atoms with E-state index in [1.165, 1.54) is 21.7 Å². The van der Waals surface area contributed by atoms with Crippen molar-refractivity contribution in [3.63, 3.8) is 0 Å². The molecule has 1 atom stereocenters. The lowest BCUT2D eigenvalue weighted by molar-refractivity contribution is 0.892. The van der Waals surface area contributed by atoms with Gasteiger partial charge in [-0.15, -0.1) is 0 Å². The van der Waals surface area contributed by atoms with Crippen LogP contribution >= 0.6 is 0 Å². The van der Waals surface area contributed by atoms with Gasteiger partial charge in [0.25, 0.3) is 0 Å². The number of nitrogens with zero attached hydrogens (tertiary/aromatic N) is 1. The van der Waals surface area contributed by atoms with Crippen molar-refractivity contribution in [2.24, 2.45) is 0 Å². The summed E-state index contributed by atoms with van der Waals surface area (Å²) in [6.45, 7) is 2.24. The van der Waals surface area contributed by atoms with Crippen LogP contribution in [0.15, 0.2) is 78.9 Å². The Morgan fingerprint density at radius 3 is 2.00 bits per heavy atom. The molecule has 0 saturated carbocycles. The Hall–Kier alpha value is -2.67. The van der Waals surface area contributed by atoms with Gasteiger partial charge in [-0.25, -0.2) is 0 Å². The Balaban J connectivity index is 2.04. The monoisotopic (exact) mass is 283 g/mol. The van der Waals surface area contributed by atoms with Gasteiger partial charge in [0.1, 0.15) is 0 Å². The maximum absolute atomic E-state index is 4.98. The van der Waals surface area contributed by atoms with Gasteiger partial charge in [-0.05, 0) is 17.0 Å². The maximum atomic E-state index is 4.98. The number of hydrogen-bond donors (Lipinski definition) is 0. The Morgan fingerprint density at radius 2 is 1.23 bits per heavy atom. The maximum Gasteiger partial charge on any atom is 0.0712 e. The van der Waals surface area contributed by atoms with Gasteiger partial charge in [-0.1, -0.05) is 79.7 Å². The molecule has 0 fully saturated rings. The minimum Gasteiger partial charge on any atom is -0.252 e. The van der Waals surface area contributed by atoms with Crippen LogP contribution in [-0.4, -0.2) is 4.98 Å². The average molecular weight is 283 g/mol. The van der Waals surface area contributed by atoms with Crippen LogP contribution in [0.3, 0.4) is 0 Å². The van der Waals surface area contributed by atoms with Crippen LogP contribution in [0, 0.1) is 0 Å². The quantitative estimate of drug-likeness (QED) is 0.440. The largest absolute Gasteiger partial charge is 0.252 e. The van der Waals surface area contributed by atoms with Crippen LogP contribution in [0.5, 0.6) is 0 Å². The van der Waals surface area contributed by atoms with E-state index in [4.69, 9.17) is 4.98 Å². The van der Waals surface area contributed by atoms with Crippen molar-refractivity contribution < 1.29 is 0 Å². The molecule has 1 aromatic heterocycles. The minimum atomic E-state index is 0.274. The van der Waals surface area contributed by atoms with Gasteiger partial charge in [-0.3, -0.25) is 4.98 Å². The summed E-state index contributed by atoms with van der Waals surface area (Å²) in [6, 6.07) is 27.6. The van der Waals surface area contributed by atoms with Gasteiger partial charge in [0, 0.05) is 16.7 Å². The summed E-state index contributed by atoms with van der Waals surface area (Å²) in [5, 5.41) is 3.76. The molecule has 0 N–H and O–H groups in total. The molecule has 0 amide bonds. The summed E-state index contributed by atoms with van der Waals surface area (Å²) in [4.78, 5) is 4.98. The first-order valence-corrected chi connectivity index (χ1v) is 7.67. The molecule has 0 aliphatic rings. The van der Waals surface area contributed by atoms with Gasteiger partial charge >= 0.3 is 0 Å². The Bertz CT molecular complexity index is 941. The Kier molecular flexibility index (Phi) is 3.12. The molecule has 0 radical (unpaired) electrons. The Morgan fingerprint density at radius 1 is 0.636 bits per heavy atom. The molecule has 1 nitrogen and oxygen atoms in total. The van der Waals surface area contributed by atoms with E-state index in [0.717, 1.165) is 11.2 Å². The third-order valence-electron chi connectivity index (χ3n) is 4.35. The third-order valence-corrected chi connectivity index (χ3v) is 4.35. The van der Waals surface area contributed by atoms with Crippen molar-refractivity contribution >= 4 is 21.7 Å². The third kappa shape index (κ3) is 2.06. The number of para-hydroxylation sites is 1. The van der Waals surface area contributed by atoms with Crippen molar-refractivity contribution in [2.45, 2.75) is 12.8 Å². The summed E-state index contributed by atoms with van der Waals surface area (Å²) in [5.74, 6) is 0.274. The summed E-state index contributed by atoms with van der Waals surface area (Å²) in [7, 11) is 0. The van der Waals surface area contributed by atoms with Crippen molar-refractivity contribution in [3.8, 4) is 0 Å². The second-order valence-corrected chi connectivity index (χ2v) is 5.69. The van der Waals surface area contributed by atoms with Crippen LogP contribution in [-0.2, 0) is 0 Å². The predicted molar refractivity (Wildman–Crippen MR) is 93.2 cm³/mol. The molecule has 4 aromatic rings. The predicted octanol–water partition coefficient (Wildman–Crippen LogP) is 5.54. The van der Waals surface area contributed by atoms with Gasteiger partial charge in [0.15, 0.2) is 0 Å². The molecular formula is C21H17N. The van der Waals surface area contributed by atoms with E-state index in [2.05, 4.69) is 85.8 Å². The molecule has 4 rings (SSSR count). The number of pyridine rings is 1. The fourth-order valence-electron chi connectivity index (χ4n) is 3.16. The first-order valence-electron chi connectivity index (χ1n) is 7.67. The van der Waals surface area contributed by atoms with Gasteiger partial charge in [-0.2, -0.15) is 0 Å². The lowest BCUT2D eigenvalue weighted by Crippen LogP contribution is -2.01. The van der Waals surface area contributed by atoms with Gasteiger partial charge < -0.3 is 0 Å². The highest BCUT2D eigenvalue weighted by atomic mass is 14.7. The standard InChI is InChI=1S/C21H17N/c1-15(16-9-3-2-4-10-16)21-19-13-6-5-11-17(19)18-12-7-8-14-20(18)22-21/h2-15H,1H3.